The average Bonchev–Trinajstić information content (AvgIpc) is 2.65. The quantitative estimate of drug-likeness (QED) is 0.454. The first kappa shape index (κ1) is 25.5. The van der Waals surface area contributed by atoms with Crippen LogP contribution in [0, 0.1) is 6.92 Å². The summed E-state index contributed by atoms with van der Waals surface area (Å²) in [7, 11) is 1.08. The maximum atomic E-state index is 2.35. The molecule has 0 spiro atoms. The Kier molecular flexibility index (Phi) is 18.4. The van der Waals surface area contributed by atoms with Gasteiger partial charge in [0.05, 0.1) is 0 Å². The molecular weight excluding hydrogens is 382 g/mol. The number of hydrogen-bond donors (Lipinski definition) is 0. The first-order chi connectivity index (χ1) is 8.24. The summed E-state index contributed by atoms with van der Waals surface area (Å²) in [4.78, 5) is 0. The van der Waals surface area contributed by atoms with Crippen molar-refractivity contribution in [2.45, 2.75) is 46.2 Å². The van der Waals surface area contributed by atoms with Gasteiger partial charge in [0.25, 0.3) is 0 Å². The third-order valence-corrected chi connectivity index (χ3v) is 2.98. The third kappa shape index (κ3) is 7.50. The van der Waals surface area contributed by atoms with E-state index in [4.69, 9.17) is 0 Å². The number of rotatable bonds is 3. The predicted octanol–water partition coefficient (Wildman–Crippen LogP) is -0.998. The van der Waals surface area contributed by atoms with Crippen LogP contribution in [0.2, 0.25) is 13.1 Å². The Balaban J connectivity index is -0.000000445. The summed E-state index contributed by atoms with van der Waals surface area (Å²) in [6.45, 7) is 8.80. The number of benzene rings is 1. The van der Waals surface area contributed by atoms with E-state index in [9.17, 15) is 0 Å². The molecule has 0 nitrogen and oxygen atoms in total. The van der Waals surface area contributed by atoms with Gasteiger partial charge < -0.3 is 24.8 Å². The van der Waals surface area contributed by atoms with Crippen molar-refractivity contribution in [3.05, 3.63) is 41.5 Å². The fraction of sp³-hybridized carbons (Fsp3) is 0.438. The minimum Gasteiger partial charge on any atom is -1.00 e. The molecule has 109 valence electrons. The van der Waals surface area contributed by atoms with E-state index in [0.717, 1.165) is 9.52 Å². The molecule has 4 heteroatoms. The molecule has 20 heavy (non-hydrogen) atoms. The van der Waals surface area contributed by atoms with Gasteiger partial charge in [-0.1, -0.05) is 45.8 Å². The van der Waals surface area contributed by atoms with Gasteiger partial charge in [0.2, 0.25) is 0 Å². The number of aryl methyl sites for hydroxylation is 2. The molecule has 0 atom stereocenters. The van der Waals surface area contributed by atoms with Gasteiger partial charge in [-0.05, 0) is 6.42 Å². The Hall–Kier alpha value is 0.510. The van der Waals surface area contributed by atoms with Crippen molar-refractivity contribution in [2.75, 3.05) is 0 Å². The summed E-state index contributed by atoms with van der Waals surface area (Å²) in [6, 6.07) is 11.0. The molecular formula is C16H23Cl2SiZr. The summed E-state index contributed by atoms with van der Waals surface area (Å²) in [5, 5.41) is 2.83. The van der Waals surface area contributed by atoms with Crippen LogP contribution in [-0.4, -0.2) is 9.52 Å². The average molecular weight is 406 g/mol. The Morgan fingerprint density at radius 3 is 2.15 bits per heavy atom. The van der Waals surface area contributed by atoms with E-state index >= 15 is 0 Å². The fourth-order valence-electron chi connectivity index (χ4n) is 2.06. The van der Waals surface area contributed by atoms with Gasteiger partial charge in [-0.2, -0.15) is 5.56 Å². The van der Waals surface area contributed by atoms with E-state index < -0.39 is 0 Å². The predicted molar refractivity (Wildman–Crippen MR) is 80.4 cm³/mol. The monoisotopic (exact) mass is 403 g/mol. The van der Waals surface area contributed by atoms with Gasteiger partial charge in [-0.15, -0.1) is 40.6 Å². The SMILES string of the molecule is CCCCc1[cH-]c2ccccc2c1C.C[Si]C.[Cl-].[Cl-].[Zr+3]. The molecule has 0 unspecified atom stereocenters. The maximum absolute atomic E-state index is 2.35. The zero-order valence-electron chi connectivity index (χ0n) is 12.8. The first-order valence-corrected chi connectivity index (χ1v) is 8.47. The second-order valence-corrected chi connectivity index (χ2v) is 5.49. The molecule has 2 rings (SSSR count). The second kappa shape index (κ2) is 14.4. The molecule has 0 saturated heterocycles. The number of unbranched alkanes of at least 4 members (excludes halogenated alkanes) is 1. The number of hydrogen-bond acceptors (Lipinski definition) is 0. The normalized spacial score (nSPS) is 8.60. The van der Waals surface area contributed by atoms with Crippen LogP contribution in [0.5, 0.6) is 0 Å². The summed E-state index contributed by atoms with van der Waals surface area (Å²) >= 11 is 0. The Labute approximate surface area is 158 Å². The zero-order valence-corrected chi connectivity index (χ0v) is 17.7. The minimum atomic E-state index is 0. The Bertz CT molecular complexity index is 455. The molecule has 0 aromatic heterocycles. The van der Waals surface area contributed by atoms with E-state index in [1.807, 2.05) is 0 Å². The van der Waals surface area contributed by atoms with Crippen molar-refractivity contribution >= 4 is 20.3 Å². The second-order valence-electron chi connectivity index (χ2n) is 4.49. The Morgan fingerprint density at radius 2 is 1.65 bits per heavy atom. The summed E-state index contributed by atoms with van der Waals surface area (Å²) in [5.41, 5.74) is 3.02. The van der Waals surface area contributed by atoms with Crippen LogP contribution < -0.4 is 24.8 Å². The fourth-order valence-corrected chi connectivity index (χ4v) is 2.06. The molecule has 0 amide bonds. The molecule has 0 N–H and O–H groups in total. The van der Waals surface area contributed by atoms with Crippen molar-refractivity contribution in [1.82, 2.24) is 0 Å². The molecule has 0 heterocycles. The third-order valence-electron chi connectivity index (χ3n) is 2.98. The maximum Gasteiger partial charge on any atom is 3.00 e. The topological polar surface area (TPSA) is 0 Å². The van der Waals surface area contributed by atoms with Gasteiger partial charge in [0.15, 0.2) is 0 Å². The van der Waals surface area contributed by atoms with E-state index in [1.54, 1.807) is 0 Å². The minimum absolute atomic E-state index is 0. The zero-order chi connectivity index (χ0) is 12.7. The van der Waals surface area contributed by atoms with E-state index in [1.165, 1.54) is 41.2 Å². The van der Waals surface area contributed by atoms with Crippen LogP contribution in [0.3, 0.4) is 0 Å². The smallest absolute Gasteiger partial charge is 1.00 e. The van der Waals surface area contributed by atoms with Gasteiger partial charge in [0.1, 0.15) is 0 Å². The standard InChI is InChI=1S/C14H17.C2H6Si.2ClH.Zr/c1-3-4-7-12-10-13-8-5-6-9-14(13)11(12)2;1-3-2;;;/h5-6,8-10H,3-4,7H2,1-2H3;1-2H3;2*1H;/q-1;;;;+3/p-2. The van der Waals surface area contributed by atoms with Gasteiger partial charge >= 0.3 is 26.2 Å². The van der Waals surface area contributed by atoms with Crippen molar-refractivity contribution in [1.29, 1.82) is 0 Å². The van der Waals surface area contributed by atoms with Gasteiger partial charge in [-0.25, -0.2) is 0 Å². The molecule has 2 aromatic rings. The van der Waals surface area contributed by atoms with Gasteiger partial charge in [0, 0.05) is 9.52 Å². The van der Waals surface area contributed by atoms with Crippen LogP contribution in [-0.2, 0) is 32.6 Å². The molecule has 0 aliphatic rings. The molecule has 0 bridgehead atoms. The molecule has 0 aliphatic heterocycles. The molecule has 0 saturated carbocycles. The number of fused-ring (bicyclic) bond motifs is 1. The van der Waals surface area contributed by atoms with Crippen LogP contribution in [0.1, 0.15) is 30.9 Å². The first-order valence-electron chi connectivity index (χ1n) is 6.47. The van der Waals surface area contributed by atoms with Gasteiger partial charge in [-0.3, -0.25) is 0 Å². The summed E-state index contributed by atoms with van der Waals surface area (Å²) in [5.74, 6) is 0. The van der Waals surface area contributed by atoms with Crippen molar-refractivity contribution in [3.8, 4) is 0 Å². The van der Waals surface area contributed by atoms with Crippen LogP contribution >= 0.6 is 0 Å². The molecule has 2 aromatic carbocycles. The van der Waals surface area contributed by atoms with Crippen LogP contribution in [0.15, 0.2) is 30.3 Å². The van der Waals surface area contributed by atoms with Crippen LogP contribution in [0.4, 0.5) is 0 Å². The molecule has 0 aliphatic carbocycles. The summed E-state index contributed by atoms with van der Waals surface area (Å²) < 4.78 is 0. The van der Waals surface area contributed by atoms with Crippen molar-refractivity contribution in [2.24, 2.45) is 0 Å². The van der Waals surface area contributed by atoms with Crippen molar-refractivity contribution in [3.63, 3.8) is 0 Å². The molecule has 0 fully saturated rings. The summed E-state index contributed by atoms with van der Waals surface area (Å²) in [6.07, 6.45) is 3.81. The molecule has 3 radical (unpaired) electrons. The number of halogens is 2. The van der Waals surface area contributed by atoms with E-state index in [-0.39, 0.29) is 51.0 Å². The van der Waals surface area contributed by atoms with Crippen LogP contribution in [0.25, 0.3) is 10.8 Å². The largest absolute Gasteiger partial charge is 3.00 e. The Morgan fingerprint density at radius 1 is 1.10 bits per heavy atom. The van der Waals surface area contributed by atoms with E-state index in [0.29, 0.717) is 0 Å². The van der Waals surface area contributed by atoms with E-state index in [2.05, 4.69) is 57.3 Å². The van der Waals surface area contributed by atoms with Crippen molar-refractivity contribution < 1.29 is 51.0 Å².